The predicted molar refractivity (Wildman–Crippen MR) is 132 cm³/mol. The summed E-state index contributed by atoms with van der Waals surface area (Å²) in [7, 11) is 0. The Hall–Kier alpha value is -4.37. The molecule has 0 amide bonds. The van der Waals surface area contributed by atoms with Gasteiger partial charge in [-0.3, -0.25) is 0 Å². The lowest BCUT2D eigenvalue weighted by Gasteiger charge is -2.24. The molecule has 3 heteroatoms. The van der Waals surface area contributed by atoms with Crippen LogP contribution in [0.25, 0.3) is 22.7 Å². The zero-order valence-electron chi connectivity index (χ0n) is 18.0. The molecule has 0 fully saturated rings. The molecule has 1 aliphatic heterocycles. The van der Waals surface area contributed by atoms with E-state index in [0.717, 1.165) is 39.7 Å². The smallest absolute Gasteiger partial charge is 0.227 e. The van der Waals surface area contributed by atoms with Crippen molar-refractivity contribution in [2.45, 2.75) is 5.92 Å². The average Bonchev–Trinajstić information content (AvgIpc) is 3.30. The van der Waals surface area contributed by atoms with Crippen LogP contribution in [0.4, 0.5) is 0 Å². The number of nitrogens with zero attached hydrogens (tertiary/aromatic N) is 2. The molecular weight excluding hydrogens is 404 g/mol. The summed E-state index contributed by atoms with van der Waals surface area (Å²) in [6.07, 6.45) is 2.22. The Kier molecular flexibility index (Phi) is 4.85. The van der Waals surface area contributed by atoms with Gasteiger partial charge in [-0.15, -0.1) is 0 Å². The van der Waals surface area contributed by atoms with Crippen molar-refractivity contribution >= 4 is 5.76 Å². The van der Waals surface area contributed by atoms with Crippen molar-refractivity contribution < 1.29 is 4.74 Å². The molecule has 1 unspecified atom stereocenters. The van der Waals surface area contributed by atoms with Gasteiger partial charge in [-0.2, -0.15) is 9.78 Å². The van der Waals surface area contributed by atoms with Crippen molar-refractivity contribution in [3.8, 4) is 22.8 Å². The largest absolute Gasteiger partial charge is 0.438 e. The highest BCUT2D eigenvalue weighted by atomic mass is 16.5. The summed E-state index contributed by atoms with van der Waals surface area (Å²) in [5.41, 5.74) is 6.32. The van der Waals surface area contributed by atoms with E-state index in [0.29, 0.717) is 0 Å². The second-order valence-electron chi connectivity index (χ2n) is 8.07. The zero-order valence-corrected chi connectivity index (χ0v) is 18.0. The highest BCUT2D eigenvalue weighted by molar-refractivity contribution is 5.75. The number of fused-ring (bicyclic) bond motifs is 1. The van der Waals surface area contributed by atoms with Crippen LogP contribution in [0.5, 0.6) is 5.88 Å². The predicted octanol–water partition coefficient (Wildman–Crippen LogP) is 7.10. The fourth-order valence-corrected chi connectivity index (χ4v) is 4.40. The van der Waals surface area contributed by atoms with Crippen LogP contribution in [0.1, 0.15) is 22.6 Å². The molecule has 0 spiro atoms. The van der Waals surface area contributed by atoms with E-state index in [4.69, 9.17) is 9.84 Å². The minimum atomic E-state index is 0.0119. The van der Waals surface area contributed by atoms with Gasteiger partial charge in [-0.1, -0.05) is 109 Å². The van der Waals surface area contributed by atoms with E-state index >= 15 is 0 Å². The number of para-hydroxylation sites is 1. The molecule has 1 aliphatic rings. The Morgan fingerprint density at radius 1 is 0.606 bits per heavy atom. The van der Waals surface area contributed by atoms with Gasteiger partial charge in [-0.05, 0) is 23.8 Å². The zero-order chi connectivity index (χ0) is 22.0. The molecule has 1 atom stereocenters. The number of hydrogen-bond donors (Lipinski definition) is 0. The van der Waals surface area contributed by atoms with Gasteiger partial charge in [0.05, 0.1) is 11.3 Å². The molecule has 6 rings (SSSR count). The Balaban J connectivity index is 1.63. The van der Waals surface area contributed by atoms with Crippen LogP contribution < -0.4 is 4.74 Å². The molecule has 4 aromatic carbocycles. The summed E-state index contributed by atoms with van der Waals surface area (Å²) in [6.45, 7) is 0. The van der Waals surface area contributed by atoms with Crippen molar-refractivity contribution in [2.24, 2.45) is 0 Å². The van der Waals surface area contributed by atoms with Crippen molar-refractivity contribution in [2.75, 3.05) is 0 Å². The van der Waals surface area contributed by atoms with Crippen LogP contribution in [0.3, 0.4) is 0 Å². The van der Waals surface area contributed by atoms with E-state index in [1.165, 1.54) is 5.56 Å². The fraction of sp³-hybridized carbons (Fsp3) is 0.0333. The molecule has 0 N–H and O–H groups in total. The van der Waals surface area contributed by atoms with Crippen molar-refractivity contribution in [1.82, 2.24) is 9.78 Å². The molecule has 0 saturated carbocycles. The normalized spacial score (nSPS) is 14.8. The van der Waals surface area contributed by atoms with Gasteiger partial charge in [0.15, 0.2) is 0 Å². The Labute approximate surface area is 193 Å². The summed E-state index contributed by atoms with van der Waals surface area (Å²) in [4.78, 5) is 0. The number of hydrogen-bond acceptors (Lipinski definition) is 2. The van der Waals surface area contributed by atoms with Gasteiger partial charge in [0.25, 0.3) is 0 Å². The SMILES string of the molecule is C1=C(c2ccccc2)Oc2c(c(-c3ccccc3)nn2-c2ccccc2)C1c1ccccc1. The van der Waals surface area contributed by atoms with Gasteiger partial charge in [-0.25, -0.2) is 0 Å². The maximum atomic E-state index is 6.62. The highest BCUT2D eigenvalue weighted by Crippen LogP contribution is 2.46. The van der Waals surface area contributed by atoms with E-state index < -0.39 is 0 Å². The highest BCUT2D eigenvalue weighted by Gasteiger charge is 2.33. The average molecular weight is 427 g/mol. The van der Waals surface area contributed by atoms with E-state index in [1.807, 2.05) is 47.1 Å². The summed E-state index contributed by atoms with van der Waals surface area (Å²) < 4.78 is 8.55. The Morgan fingerprint density at radius 2 is 1.15 bits per heavy atom. The van der Waals surface area contributed by atoms with Crippen LogP contribution in [0.2, 0.25) is 0 Å². The Bertz CT molecular complexity index is 1410. The lowest BCUT2D eigenvalue weighted by molar-refractivity contribution is 0.455. The molecule has 2 heterocycles. The van der Waals surface area contributed by atoms with Crippen LogP contribution in [-0.4, -0.2) is 9.78 Å². The van der Waals surface area contributed by atoms with E-state index in [2.05, 4.69) is 84.9 Å². The van der Waals surface area contributed by atoms with Crippen molar-refractivity contribution in [3.63, 3.8) is 0 Å². The molecule has 0 radical (unpaired) electrons. The van der Waals surface area contributed by atoms with Gasteiger partial charge in [0.1, 0.15) is 11.5 Å². The first-order chi connectivity index (χ1) is 16.4. The first kappa shape index (κ1) is 19.3. The maximum Gasteiger partial charge on any atom is 0.227 e. The number of benzene rings is 4. The summed E-state index contributed by atoms with van der Waals surface area (Å²) in [5.74, 6) is 1.61. The molecule has 1 aromatic heterocycles. The first-order valence-corrected chi connectivity index (χ1v) is 11.1. The minimum Gasteiger partial charge on any atom is -0.438 e. The lowest BCUT2D eigenvalue weighted by atomic mass is 9.87. The van der Waals surface area contributed by atoms with Crippen LogP contribution >= 0.6 is 0 Å². The second kappa shape index (κ2) is 8.29. The number of rotatable bonds is 4. The van der Waals surface area contributed by atoms with Gasteiger partial charge in [0, 0.05) is 17.0 Å². The van der Waals surface area contributed by atoms with Gasteiger partial charge >= 0.3 is 0 Å². The maximum absolute atomic E-state index is 6.62. The molecular formula is C30H22N2O. The summed E-state index contributed by atoms with van der Waals surface area (Å²) in [6, 6.07) is 41.4. The van der Waals surface area contributed by atoms with E-state index in [1.54, 1.807) is 0 Å². The van der Waals surface area contributed by atoms with Gasteiger partial charge < -0.3 is 4.74 Å². The molecule has 33 heavy (non-hydrogen) atoms. The lowest BCUT2D eigenvalue weighted by Crippen LogP contribution is -2.12. The number of ether oxygens (including phenoxy) is 1. The fourth-order valence-electron chi connectivity index (χ4n) is 4.40. The topological polar surface area (TPSA) is 27.1 Å². The van der Waals surface area contributed by atoms with Crippen molar-refractivity contribution in [3.05, 3.63) is 144 Å². The van der Waals surface area contributed by atoms with Crippen molar-refractivity contribution in [1.29, 1.82) is 0 Å². The monoisotopic (exact) mass is 426 g/mol. The quantitative estimate of drug-likeness (QED) is 0.306. The first-order valence-electron chi connectivity index (χ1n) is 11.1. The van der Waals surface area contributed by atoms with E-state index in [-0.39, 0.29) is 5.92 Å². The molecule has 3 nitrogen and oxygen atoms in total. The standard InChI is InChI=1S/C30H22N2O/c1-5-13-22(14-6-1)26-21-27(23-15-7-2-8-16-23)33-30-28(26)29(24-17-9-3-10-18-24)31-32(30)25-19-11-4-12-20-25/h1-21,26H. The van der Waals surface area contributed by atoms with Crippen LogP contribution in [0, 0.1) is 0 Å². The summed E-state index contributed by atoms with van der Waals surface area (Å²) in [5, 5.41) is 5.09. The molecule has 158 valence electrons. The third-order valence-corrected chi connectivity index (χ3v) is 5.98. The molecule has 0 bridgehead atoms. The second-order valence-corrected chi connectivity index (χ2v) is 8.07. The Morgan fingerprint density at radius 3 is 1.79 bits per heavy atom. The third-order valence-electron chi connectivity index (χ3n) is 5.98. The summed E-state index contributed by atoms with van der Waals surface area (Å²) >= 11 is 0. The molecule has 5 aromatic rings. The third kappa shape index (κ3) is 3.54. The minimum absolute atomic E-state index is 0.0119. The van der Waals surface area contributed by atoms with Crippen LogP contribution in [0.15, 0.2) is 127 Å². The van der Waals surface area contributed by atoms with E-state index in [9.17, 15) is 0 Å². The van der Waals surface area contributed by atoms with Crippen LogP contribution in [-0.2, 0) is 0 Å². The number of allylic oxidation sites excluding steroid dienone is 1. The molecule has 0 saturated heterocycles. The molecule has 0 aliphatic carbocycles. The van der Waals surface area contributed by atoms with Gasteiger partial charge in [0.2, 0.25) is 5.88 Å². The number of aromatic nitrogens is 2.